The molecule has 1 N–H and O–H groups in total. The molecule has 6 nitrogen and oxygen atoms in total. The lowest BCUT2D eigenvalue weighted by molar-refractivity contribution is -0.123. The lowest BCUT2D eigenvalue weighted by Gasteiger charge is -2.17. The molecule has 1 saturated heterocycles. The van der Waals surface area contributed by atoms with Gasteiger partial charge in [-0.25, -0.2) is 9.66 Å². The molecule has 1 atom stereocenters. The van der Waals surface area contributed by atoms with Gasteiger partial charge >= 0.3 is 0 Å². The van der Waals surface area contributed by atoms with Crippen molar-refractivity contribution in [1.29, 1.82) is 0 Å². The minimum Gasteiger partial charge on any atom is -0.312 e. The van der Waals surface area contributed by atoms with Gasteiger partial charge in [-0.3, -0.25) is 15.0 Å². The van der Waals surface area contributed by atoms with Crippen LogP contribution in [0.4, 0.5) is 5.69 Å². The third-order valence-corrected chi connectivity index (χ3v) is 5.31. The van der Waals surface area contributed by atoms with E-state index >= 15 is 0 Å². The predicted molar refractivity (Wildman–Crippen MR) is 103 cm³/mol. The summed E-state index contributed by atoms with van der Waals surface area (Å²) in [5.41, 5.74) is 5.32. The lowest BCUT2D eigenvalue weighted by atomic mass is 10.1. The van der Waals surface area contributed by atoms with Crippen molar-refractivity contribution >= 4 is 40.3 Å². The van der Waals surface area contributed by atoms with Crippen molar-refractivity contribution in [1.82, 2.24) is 9.66 Å². The summed E-state index contributed by atoms with van der Waals surface area (Å²) in [6.07, 6.45) is 3.80. The number of anilines is 1. The molecule has 1 aliphatic heterocycles. The Bertz CT molecular complexity index is 967. The summed E-state index contributed by atoms with van der Waals surface area (Å²) in [7, 11) is 0. The van der Waals surface area contributed by atoms with Gasteiger partial charge in [-0.05, 0) is 42.7 Å². The molecule has 2 amide bonds. The molecule has 26 heavy (non-hydrogen) atoms. The zero-order valence-corrected chi connectivity index (χ0v) is 15.1. The highest BCUT2D eigenvalue weighted by Crippen LogP contribution is 2.27. The van der Waals surface area contributed by atoms with Crippen molar-refractivity contribution in [3.05, 3.63) is 54.9 Å². The van der Waals surface area contributed by atoms with E-state index in [0.29, 0.717) is 6.54 Å². The maximum Gasteiger partial charge on any atom is 0.244 e. The highest BCUT2D eigenvalue weighted by atomic mass is 32.2. The summed E-state index contributed by atoms with van der Waals surface area (Å²) in [5, 5.41) is 0. The number of carbonyl (C=O) groups is 2. The van der Waals surface area contributed by atoms with E-state index in [9.17, 15) is 9.59 Å². The minimum atomic E-state index is -0.385. The molecule has 0 radical (unpaired) electrons. The SMILES string of the molecule is CSc1ccc(N2CC(C(=O)Nn3cnc4ccccc43)CC2=O)cc1. The van der Waals surface area contributed by atoms with Crippen LogP contribution in [0.2, 0.25) is 0 Å². The van der Waals surface area contributed by atoms with E-state index in [1.165, 1.54) is 0 Å². The first-order valence-electron chi connectivity index (χ1n) is 8.33. The van der Waals surface area contributed by atoms with Crippen molar-refractivity contribution < 1.29 is 9.59 Å². The Balaban J connectivity index is 1.48. The van der Waals surface area contributed by atoms with Crippen LogP contribution < -0.4 is 10.3 Å². The van der Waals surface area contributed by atoms with Crippen LogP contribution in [0.3, 0.4) is 0 Å². The average Bonchev–Trinajstić information content (AvgIpc) is 3.26. The Morgan fingerprint density at radius 2 is 1.96 bits per heavy atom. The molecule has 2 heterocycles. The molecular weight excluding hydrogens is 348 g/mol. The predicted octanol–water partition coefficient (Wildman–Crippen LogP) is 2.88. The van der Waals surface area contributed by atoms with Gasteiger partial charge in [0.05, 0.1) is 17.0 Å². The topological polar surface area (TPSA) is 67.2 Å². The molecule has 0 aliphatic carbocycles. The second-order valence-corrected chi connectivity index (χ2v) is 7.06. The quantitative estimate of drug-likeness (QED) is 0.721. The van der Waals surface area contributed by atoms with Gasteiger partial charge in [-0.15, -0.1) is 11.8 Å². The molecule has 1 fully saturated rings. The molecule has 0 saturated carbocycles. The van der Waals surface area contributed by atoms with E-state index in [0.717, 1.165) is 21.6 Å². The van der Waals surface area contributed by atoms with Crippen LogP contribution in [0.25, 0.3) is 11.0 Å². The Morgan fingerprint density at radius 1 is 1.19 bits per heavy atom. The second-order valence-electron chi connectivity index (χ2n) is 6.18. The van der Waals surface area contributed by atoms with Crippen LogP contribution in [0.15, 0.2) is 59.8 Å². The molecule has 2 aromatic carbocycles. The number of para-hydroxylation sites is 2. The fourth-order valence-corrected chi connectivity index (χ4v) is 3.56. The van der Waals surface area contributed by atoms with Gasteiger partial charge in [0.15, 0.2) is 0 Å². The normalized spacial score (nSPS) is 17.0. The molecular formula is C19H18N4O2S. The Labute approximate surface area is 155 Å². The van der Waals surface area contributed by atoms with Crippen molar-refractivity contribution in [3.63, 3.8) is 0 Å². The average molecular weight is 366 g/mol. The van der Waals surface area contributed by atoms with Crippen molar-refractivity contribution in [2.45, 2.75) is 11.3 Å². The zero-order chi connectivity index (χ0) is 18.1. The molecule has 0 spiro atoms. The minimum absolute atomic E-state index is 0.0301. The number of imidazole rings is 1. The first kappa shape index (κ1) is 16.7. The number of fused-ring (bicyclic) bond motifs is 1. The van der Waals surface area contributed by atoms with Gasteiger partial charge in [0.1, 0.15) is 6.33 Å². The third kappa shape index (κ3) is 3.06. The smallest absolute Gasteiger partial charge is 0.244 e. The van der Waals surface area contributed by atoms with E-state index in [2.05, 4.69) is 10.4 Å². The third-order valence-electron chi connectivity index (χ3n) is 4.56. The second kappa shape index (κ2) is 6.84. The van der Waals surface area contributed by atoms with Gasteiger partial charge in [0.25, 0.3) is 0 Å². The first-order valence-corrected chi connectivity index (χ1v) is 9.55. The summed E-state index contributed by atoms with van der Waals surface area (Å²) < 4.78 is 1.61. The number of amides is 2. The number of carbonyl (C=O) groups excluding carboxylic acids is 2. The molecule has 0 bridgehead atoms. The van der Waals surface area contributed by atoms with Gasteiger partial charge in [0.2, 0.25) is 11.8 Å². The van der Waals surface area contributed by atoms with Crippen molar-refractivity contribution in [3.8, 4) is 0 Å². The van der Waals surface area contributed by atoms with E-state index in [-0.39, 0.29) is 24.2 Å². The molecule has 3 aromatic rings. The highest BCUT2D eigenvalue weighted by Gasteiger charge is 2.35. The van der Waals surface area contributed by atoms with E-state index in [4.69, 9.17) is 0 Å². The number of nitrogens with one attached hydrogen (secondary N) is 1. The Morgan fingerprint density at radius 3 is 2.73 bits per heavy atom. The Hall–Kier alpha value is -2.80. The van der Waals surface area contributed by atoms with Gasteiger partial charge in [-0.2, -0.15) is 0 Å². The van der Waals surface area contributed by atoms with Gasteiger partial charge in [-0.1, -0.05) is 12.1 Å². The number of nitrogens with zero attached hydrogens (tertiary/aromatic N) is 3. The molecule has 132 valence electrons. The van der Waals surface area contributed by atoms with E-state index < -0.39 is 0 Å². The summed E-state index contributed by atoms with van der Waals surface area (Å²) >= 11 is 1.65. The fraction of sp³-hybridized carbons (Fsp3) is 0.211. The number of benzene rings is 2. The van der Waals surface area contributed by atoms with Crippen LogP contribution in [0.5, 0.6) is 0 Å². The monoisotopic (exact) mass is 366 g/mol. The molecule has 1 unspecified atom stereocenters. The molecule has 1 aliphatic rings. The summed E-state index contributed by atoms with van der Waals surface area (Å²) in [5.74, 6) is -0.592. The highest BCUT2D eigenvalue weighted by molar-refractivity contribution is 7.98. The van der Waals surface area contributed by atoms with Crippen LogP contribution in [0, 0.1) is 5.92 Å². The molecule has 7 heteroatoms. The van der Waals surface area contributed by atoms with E-state index in [1.807, 2.05) is 54.8 Å². The van der Waals surface area contributed by atoms with Gasteiger partial charge in [0, 0.05) is 23.5 Å². The maximum absolute atomic E-state index is 12.6. The number of hydrogen-bond acceptors (Lipinski definition) is 4. The van der Waals surface area contributed by atoms with Crippen molar-refractivity contribution in [2.24, 2.45) is 5.92 Å². The fourth-order valence-electron chi connectivity index (χ4n) is 3.15. The zero-order valence-electron chi connectivity index (χ0n) is 14.3. The van der Waals surface area contributed by atoms with Crippen LogP contribution in [0.1, 0.15) is 6.42 Å². The van der Waals surface area contributed by atoms with Crippen LogP contribution in [-0.2, 0) is 9.59 Å². The molecule has 1 aromatic heterocycles. The number of aromatic nitrogens is 2. The van der Waals surface area contributed by atoms with Crippen molar-refractivity contribution in [2.75, 3.05) is 23.1 Å². The number of thioether (sulfide) groups is 1. The summed E-state index contributed by atoms with van der Waals surface area (Å²) in [6, 6.07) is 15.4. The largest absolute Gasteiger partial charge is 0.312 e. The van der Waals surface area contributed by atoms with Crippen LogP contribution >= 0.6 is 11.8 Å². The Kier molecular flexibility index (Phi) is 4.38. The molecule has 4 rings (SSSR count). The van der Waals surface area contributed by atoms with E-state index in [1.54, 1.807) is 27.7 Å². The summed E-state index contributed by atoms with van der Waals surface area (Å²) in [6.45, 7) is 0.385. The number of rotatable bonds is 4. The van der Waals surface area contributed by atoms with Crippen LogP contribution in [-0.4, -0.2) is 34.3 Å². The number of hydrogen-bond donors (Lipinski definition) is 1. The summed E-state index contributed by atoms with van der Waals surface area (Å²) in [4.78, 5) is 32.1. The standard InChI is InChI=1S/C19H18N4O2S/c1-26-15-8-6-14(7-9-15)22-11-13(10-18(22)24)19(25)21-23-12-20-16-4-2-3-5-17(16)23/h2-9,12-13H,10-11H2,1H3,(H,21,25). The lowest BCUT2D eigenvalue weighted by Crippen LogP contribution is -2.31. The maximum atomic E-state index is 12.6. The first-order chi connectivity index (χ1) is 12.7. The van der Waals surface area contributed by atoms with Gasteiger partial charge < -0.3 is 4.90 Å².